The van der Waals surface area contributed by atoms with Gasteiger partial charge in [-0.05, 0) is 18.8 Å². The van der Waals surface area contributed by atoms with Crippen molar-refractivity contribution in [2.45, 2.75) is 58.9 Å². The molecule has 0 heterocycles. The molecule has 1 saturated carbocycles. The van der Waals surface area contributed by atoms with Crippen LogP contribution in [0, 0.1) is 22.7 Å². The van der Waals surface area contributed by atoms with E-state index in [4.69, 9.17) is 5.26 Å². The van der Waals surface area contributed by atoms with Gasteiger partial charge in [0.1, 0.15) is 6.04 Å². The third-order valence-electron chi connectivity index (χ3n) is 3.60. The second-order valence-electron chi connectivity index (χ2n) is 5.45. The number of nitriles is 1. The van der Waals surface area contributed by atoms with Crippen LogP contribution < -0.4 is 5.32 Å². The van der Waals surface area contributed by atoms with Crippen molar-refractivity contribution in [3.63, 3.8) is 0 Å². The third kappa shape index (κ3) is 2.98. The van der Waals surface area contributed by atoms with Gasteiger partial charge in [-0.3, -0.25) is 4.79 Å². The molecule has 0 bridgehead atoms. The molecule has 1 aliphatic rings. The van der Waals surface area contributed by atoms with Gasteiger partial charge in [0, 0.05) is 5.41 Å². The summed E-state index contributed by atoms with van der Waals surface area (Å²) in [6.45, 7) is 5.94. The predicted molar refractivity (Wildman–Crippen MR) is 63.6 cm³/mol. The molecule has 3 nitrogen and oxygen atoms in total. The summed E-state index contributed by atoms with van der Waals surface area (Å²) in [6.07, 6.45) is 5.39. The summed E-state index contributed by atoms with van der Waals surface area (Å²) in [6, 6.07) is 1.80. The SMILES string of the molecule is CC(C)C(C#N)NC(=O)C1(C)CCCCC1. The number of carbonyl (C=O) groups excluding carboxylic acids is 1. The van der Waals surface area contributed by atoms with Gasteiger partial charge in [0.25, 0.3) is 0 Å². The molecular formula is C13H22N2O. The van der Waals surface area contributed by atoms with E-state index in [9.17, 15) is 4.79 Å². The first-order valence-electron chi connectivity index (χ1n) is 6.20. The van der Waals surface area contributed by atoms with E-state index in [0.717, 1.165) is 25.7 Å². The molecule has 1 rings (SSSR count). The first-order chi connectivity index (χ1) is 7.49. The lowest BCUT2D eigenvalue weighted by Crippen LogP contribution is -2.46. The zero-order valence-electron chi connectivity index (χ0n) is 10.5. The summed E-state index contributed by atoms with van der Waals surface area (Å²) >= 11 is 0. The van der Waals surface area contributed by atoms with Crippen molar-refractivity contribution in [1.82, 2.24) is 5.32 Å². The zero-order chi connectivity index (χ0) is 12.2. The van der Waals surface area contributed by atoms with Gasteiger partial charge in [-0.15, -0.1) is 0 Å². The standard InChI is InChI=1S/C13H22N2O/c1-10(2)11(9-14)15-12(16)13(3)7-5-4-6-8-13/h10-11H,4-8H2,1-3H3,(H,15,16). The lowest BCUT2D eigenvalue weighted by atomic mass is 9.75. The van der Waals surface area contributed by atoms with Crippen molar-refractivity contribution in [3.05, 3.63) is 0 Å². The molecule has 0 aromatic carbocycles. The van der Waals surface area contributed by atoms with Gasteiger partial charge in [-0.2, -0.15) is 5.26 Å². The zero-order valence-corrected chi connectivity index (χ0v) is 10.5. The van der Waals surface area contributed by atoms with Crippen molar-refractivity contribution in [3.8, 4) is 6.07 Å². The molecule has 3 heteroatoms. The highest BCUT2D eigenvalue weighted by Gasteiger charge is 2.35. The topological polar surface area (TPSA) is 52.9 Å². The molecule has 0 saturated heterocycles. The average molecular weight is 222 g/mol. The Morgan fingerprint density at radius 3 is 2.31 bits per heavy atom. The van der Waals surface area contributed by atoms with Gasteiger partial charge < -0.3 is 5.32 Å². The van der Waals surface area contributed by atoms with Crippen molar-refractivity contribution in [2.24, 2.45) is 11.3 Å². The molecule has 1 aliphatic carbocycles. The van der Waals surface area contributed by atoms with E-state index in [-0.39, 0.29) is 23.3 Å². The summed E-state index contributed by atoms with van der Waals surface area (Å²) in [5.74, 6) is 0.230. The quantitative estimate of drug-likeness (QED) is 0.798. The molecule has 0 spiro atoms. The maximum atomic E-state index is 12.1. The minimum atomic E-state index is -0.355. The number of carbonyl (C=O) groups is 1. The summed E-state index contributed by atoms with van der Waals surface area (Å²) in [5, 5.41) is 11.8. The van der Waals surface area contributed by atoms with Crippen LogP contribution in [0.1, 0.15) is 52.9 Å². The maximum absolute atomic E-state index is 12.1. The fourth-order valence-corrected chi connectivity index (χ4v) is 2.22. The number of hydrogen-bond acceptors (Lipinski definition) is 2. The Bertz CT molecular complexity index is 285. The van der Waals surface area contributed by atoms with Gasteiger partial charge in [0.05, 0.1) is 6.07 Å². The van der Waals surface area contributed by atoms with Gasteiger partial charge in [-0.1, -0.05) is 40.0 Å². The molecule has 1 unspecified atom stereocenters. The van der Waals surface area contributed by atoms with E-state index in [1.54, 1.807) is 0 Å². The summed E-state index contributed by atoms with van der Waals surface area (Å²) < 4.78 is 0. The smallest absolute Gasteiger partial charge is 0.226 e. The number of nitrogens with one attached hydrogen (secondary N) is 1. The molecule has 0 aliphatic heterocycles. The van der Waals surface area contributed by atoms with Crippen LogP contribution in [0.15, 0.2) is 0 Å². The van der Waals surface area contributed by atoms with Crippen molar-refractivity contribution in [1.29, 1.82) is 5.26 Å². The summed E-state index contributed by atoms with van der Waals surface area (Å²) in [7, 11) is 0. The average Bonchev–Trinajstić information content (AvgIpc) is 2.26. The first kappa shape index (κ1) is 13.0. The third-order valence-corrected chi connectivity index (χ3v) is 3.60. The lowest BCUT2D eigenvalue weighted by molar-refractivity contribution is -0.132. The van der Waals surface area contributed by atoms with Crippen LogP contribution in [0.25, 0.3) is 0 Å². The summed E-state index contributed by atoms with van der Waals surface area (Å²) in [5.41, 5.74) is -0.248. The van der Waals surface area contributed by atoms with Crippen LogP contribution in [0.2, 0.25) is 0 Å². The second-order valence-corrected chi connectivity index (χ2v) is 5.45. The Morgan fingerprint density at radius 2 is 1.88 bits per heavy atom. The lowest BCUT2D eigenvalue weighted by Gasteiger charge is -2.33. The molecule has 0 aromatic heterocycles. The molecule has 0 aromatic rings. The number of nitrogens with zero attached hydrogens (tertiary/aromatic N) is 1. The molecule has 1 amide bonds. The van der Waals surface area contributed by atoms with E-state index in [1.165, 1.54) is 6.42 Å². The second kappa shape index (κ2) is 5.34. The van der Waals surface area contributed by atoms with Crippen LogP contribution in [-0.4, -0.2) is 11.9 Å². The van der Waals surface area contributed by atoms with E-state index in [2.05, 4.69) is 11.4 Å². The fourth-order valence-electron chi connectivity index (χ4n) is 2.22. The van der Waals surface area contributed by atoms with Crippen LogP contribution >= 0.6 is 0 Å². The fraction of sp³-hybridized carbons (Fsp3) is 0.846. The number of rotatable bonds is 3. The highest BCUT2D eigenvalue weighted by molar-refractivity contribution is 5.82. The predicted octanol–water partition coefficient (Wildman–Crippen LogP) is 2.62. The van der Waals surface area contributed by atoms with Gasteiger partial charge in [0.15, 0.2) is 0 Å². The van der Waals surface area contributed by atoms with Crippen LogP contribution in [0.5, 0.6) is 0 Å². The monoisotopic (exact) mass is 222 g/mol. The van der Waals surface area contributed by atoms with Crippen LogP contribution in [0.4, 0.5) is 0 Å². The molecular weight excluding hydrogens is 200 g/mol. The molecule has 90 valence electrons. The van der Waals surface area contributed by atoms with Gasteiger partial charge in [-0.25, -0.2) is 0 Å². The van der Waals surface area contributed by atoms with E-state index in [1.807, 2.05) is 20.8 Å². The maximum Gasteiger partial charge on any atom is 0.226 e. The molecule has 0 radical (unpaired) electrons. The Kier molecular flexibility index (Phi) is 4.35. The highest BCUT2D eigenvalue weighted by atomic mass is 16.2. The van der Waals surface area contributed by atoms with Crippen molar-refractivity contribution < 1.29 is 4.79 Å². The van der Waals surface area contributed by atoms with Gasteiger partial charge >= 0.3 is 0 Å². The Labute approximate surface area is 98.2 Å². The minimum Gasteiger partial charge on any atom is -0.340 e. The normalized spacial score (nSPS) is 21.2. The van der Waals surface area contributed by atoms with Crippen molar-refractivity contribution in [2.75, 3.05) is 0 Å². The van der Waals surface area contributed by atoms with E-state index >= 15 is 0 Å². The summed E-state index contributed by atoms with van der Waals surface area (Å²) in [4.78, 5) is 12.1. The Balaban J connectivity index is 2.60. The number of hydrogen-bond donors (Lipinski definition) is 1. The Hall–Kier alpha value is -1.04. The minimum absolute atomic E-state index is 0.0625. The molecule has 1 N–H and O–H groups in total. The Morgan fingerprint density at radius 1 is 1.31 bits per heavy atom. The van der Waals surface area contributed by atoms with E-state index in [0.29, 0.717) is 0 Å². The van der Waals surface area contributed by atoms with E-state index < -0.39 is 0 Å². The van der Waals surface area contributed by atoms with Crippen molar-refractivity contribution >= 4 is 5.91 Å². The number of amides is 1. The largest absolute Gasteiger partial charge is 0.340 e. The van der Waals surface area contributed by atoms with Crippen LogP contribution in [0.3, 0.4) is 0 Å². The van der Waals surface area contributed by atoms with Crippen LogP contribution in [-0.2, 0) is 4.79 Å². The van der Waals surface area contributed by atoms with Gasteiger partial charge in [0.2, 0.25) is 5.91 Å². The molecule has 1 fully saturated rings. The molecule has 16 heavy (non-hydrogen) atoms. The highest BCUT2D eigenvalue weighted by Crippen LogP contribution is 2.36. The first-order valence-corrected chi connectivity index (χ1v) is 6.20. The molecule has 1 atom stereocenters.